The monoisotopic (exact) mass is 152 g/mol. The lowest BCUT2D eigenvalue weighted by atomic mass is 10.1. The zero-order valence-electron chi connectivity index (χ0n) is 5.63. The number of benzene rings is 1. The first-order valence-electron chi connectivity index (χ1n) is 2.98. The fourth-order valence-corrected chi connectivity index (χ4v) is 0.817. The first kappa shape index (κ1) is 7.29. The topological polar surface area (TPSA) is 22.3 Å². The Hall–Kier alpha value is -0.820. The predicted octanol–water partition coefficient (Wildman–Crippen LogP) is 1.95. The van der Waals surface area contributed by atoms with E-state index < -0.39 is 0 Å². The van der Waals surface area contributed by atoms with Gasteiger partial charge in [0.25, 0.3) is 0 Å². The van der Waals surface area contributed by atoms with Crippen LogP contribution in [0.2, 0.25) is 5.02 Å². The van der Waals surface area contributed by atoms with Crippen LogP contribution in [0.15, 0.2) is 24.3 Å². The van der Waals surface area contributed by atoms with Crippen LogP contribution in [0.5, 0.6) is 0 Å². The quantitative estimate of drug-likeness (QED) is 0.549. The zero-order valence-corrected chi connectivity index (χ0v) is 6.39. The van der Waals surface area contributed by atoms with Crippen LogP contribution >= 0.6 is 11.6 Å². The molecule has 0 heterocycles. The van der Waals surface area contributed by atoms with E-state index in [1.165, 1.54) is 0 Å². The van der Waals surface area contributed by atoms with E-state index in [9.17, 15) is 0 Å². The highest BCUT2D eigenvalue weighted by Crippen LogP contribution is 2.08. The standard InChI is InChI=1S/C8H7ClN/c1-6(10)7-2-4-8(9)5-3-7/h2-5H,1H3. The molecule has 0 atom stereocenters. The van der Waals surface area contributed by atoms with Gasteiger partial charge < -0.3 is 0 Å². The van der Waals surface area contributed by atoms with Crippen molar-refractivity contribution in [3.05, 3.63) is 34.9 Å². The van der Waals surface area contributed by atoms with Gasteiger partial charge in [-0.1, -0.05) is 23.7 Å². The number of hydrogen-bond donors (Lipinski definition) is 0. The van der Waals surface area contributed by atoms with Crippen LogP contribution in [0, 0.1) is 0 Å². The van der Waals surface area contributed by atoms with E-state index in [0.29, 0.717) is 10.7 Å². The average molecular weight is 153 g/mol. The van der Waals surface area contributed by atoms with Gasteiger partial charge in [0.2, 0.25) is 0 Å². The van der Waals surface area contributed by atoms with Gasteiger partial charge in [0, 0.05) is 5.02 Å². The molecule has 0 amide bonds. The van der Waals surface area contributed by atoms with E-state index in [2.05, 4.69) is 0 Å². The van der Waals surface area contributed by atoms with Crippen LogP contribution in [0.3, 0.4) is 0 Å². The van der Waals surface area contributed by atoms with Crippen LogP contribution in [-0.4, -0.2) is 5.71 Å². The molecule has 10 heavy (non-hydrogen) atoms. The molecule has 0 fully saturated rings. The predicted molar refractivity (Wildman–Crippen MR) is 43.4 cm³/mol. The van der Waals surface area contributed by atoms with Crippen molar-refractivity contribution in [2.24, 2.45) is 0 Å². The molecule has 0 aliphatic rings. The minimum Gasteiger partial charge on any atom is -0.155 e. The number of nitrogens with zero attached hydrogens (tertiary/aromatic N) is 1. The van der Waals surface area contributed by atoms with Crippen molar-refractivity contribution >= 4 is 17.3 Å². The summed E-state index contributed by atoms with van der Waals surface area (Å²) in [6.45, 7) is 1.64. The largest absolute Gasteiger partial charge is 0.155 e. The third-order valence-electron chi connectivity index (χ3n) is 1.26. The molecule has 0 unspecified atom stereocenters. The van der Waals surface area contributed by atoms with Gasteiger partial charge in [0.1, 0.15) is 0 Å². The Morgan fingerprint density at radius 2 is 1.80 bits per heavy atom. The summed E-state index contributed by atoms with van der Waals surface area (Å²) in [6.07, 6.45) is 0. The third kappa shape index (κ3) is 1.58. The second-order valence-electron chi connectivity index (χ2n) is 2.09. The van der Waals surface area contributed by atoms with Crippen LogP contribution in [0.1, 0.15) is 12.5 Å². The Morgan fingerprint density at radius 3 is 2.20 bits per heavy atom. The van der Waals surface area contributed by atoms with Crippen LogP contribution < -0.4 is 5.41 Å². The van der Waals surface area contributed by atoms with Crippen molar-refractivity contribution in [2.45, 2.75) is 6.92 Å². The van der Waals surface area contributed by atoms with E-state index in [-0.39, 0.29) is 0 Å². The lowest BCUT2D eigenvalue weighted by Crippen LogP contribution is -1.92. The summed E-state index contributed by atoms with van der Waals surface area (Å²) in [5.74, 6) is 0. The van der Waals surface area contributed by atoms with Crippen molar-refractivity contribution in [1.82, 2.24) is 5.41 Å². The van der Waals surface area contributed by atoms with Crippen molar-refractivity contribution in [3.63, 3.8) is 0 Å². The molecule has 0 aromatic heterocycles. The Morgan fingerprint density at radius 1 is 1.30 bits per heavy atom. The molecular weight excluding hydrogens is 146 g/mol. The highest BCUT2D eigenvalue weighted by Gasteiger charge is 1.93. The summed E-state index contributed by atoms with van der Waals surface area (Å²) in [4.78, 5) is 0. The van der Waals surface area contributed by atoms with E-state index in [1.54, 1.807) is 31.2 Å². The van der Waals surface area contributed by atoms with Crippen LogP contribution in [-0.2, 0) is 0 Å². The molecule has 1 nitrogen and oxygen atoms in total. The second-order valence-corrected chi connectivity index (χ2v) is 2.53. The summed E-state index contributed by atoms with van der Waals surface area (Å²) < 4.78 is 0. The SMILES string of the molecule is CC(=[N])c1ccc(Cl)cc1. The van der Waals surface area contributed by atoms with Crippen LogP contribution in [0.25, 0.3) is 0 Å². The maximum Gasteiger partial charge on any atom is 0.0671 e. The highest BCUT2D eigenvalue weighted by molar-refractivity contribution is 6.30. The smallest absolute Gasteiger partial charge is 0.0671 e. The number of rotatable bonds is 1. The van der Waals surface area contributed by atoms with E-state index in [0.717, 1.165) is 5.56 Å². The molecule has 0 aliphatic heterocycles. The van der Waals surface area contributed by atoms with E-state index in [1.807, 2.05) is 0 Å². The summed E-state index contributed by atoms with van der Waals surface area (Å²) in [5, 5.41) is 9.67. The molecule has 1 rings (SSSR count). The van der Waals surface area contributed by atoms with Gasteiger partial charge in [-0.05, 0) is 24.6 Å². The molecule has 1 aromatic rings. The lowest BCUT2D eigenvalue weighted by Gasteiger charge is -1.94. The summed E-state index contributed by atoms with van der Waals surface area (Å²) in [5.41, 5.74) is 1.13. The first-order chi connectivity index (χ1) is 4.70. The zero-order chi connectivity index (χ0) is 7.56. The van der Waals surface area contributed by atoms with Gasteiger partial charge >= 0.3 is 0 Å². The number of halogens is 1. The van der Waals surface area contributed by atoms with Gasteiger partial charge in [-0.15, -0.1) is 0 Å². The molecule has 0 spiro atoms. The second kappa shape index (κ2) is 2.84. The van der Waals surface area contributed by atoms with Crippen LogP contribution in [0.4, 0.5) is 0 Å². The number of hydrogen-bond acceptors (Lipinski definition) is 0. The molecule has 0 aliphatic carbocycles. The molecular formula is C8H7ClN. The van der Waals surface area contributed by atoms with Crippen molar-refractivity contribution in [3.8, 4) is 0 Å². The van der Waals surface area contributed by atoms with Crippen molar-refractivity contribution < 1.29 is 0 Å². The van der Waals surface area contributed by atoms with Crippen molar-refractivity contribution in [1.29, 1.82) is 0 Å². The molecule has 0 N–H and O–H groups in total. The maximum absolute atomic E-state index is 8.99. The van der Waals surface area contributed by atoms with Gasteiger partial charge in [-0.3, -0.25) is 0 Å². The van der Waals surface area contributed by atoms with Gasteiger partial charge in [0.05, 0.1) is 5.71 Å². The normalized spacial score (nSPS) is 9.40. The van der Waals surface area contributed by atoms with Gasteiger partial charge in [0.15, 0.2) is 0 Å². The minimum atomic E-state index is 0.316. The maximum atomic E-state index is 8.99. The molecule has 0 saturated heterocycles. The molecule has 0 bridgehead atoms. The Balaban J connectivity index is 3.00. The van der Waals surface area contributed by atoms with Gasteiger partial charge in [-0.2, -0.15) is 5.41 Å². The van der Waals surface area contributed by atoms with Gasteiger partial charge in [-0.25, -0.2) is 0 Å². The van der Waals surface area contributed by atoms with E-state index >= 15 is 0 Å². The Bertz CT molecular complexity index is 238. The molecule has 1 radical (unpaired) electrons. The summed E-state index contributed by atoms with van der Waals surface area (Å²) >= 11 is 5.63. The lowest BCUT2D eigenvalue weighted by molar-refractivity contribution is 1.59. The summed E-state index contributed by atoms with van der Waals surface area (Å²) in [6, 6.07) is 7.04. The summed E-state index contributed by atoms with van der Waals surface area (Å²) in [7, 11) is 0. The average Bonchev–Trinajstić information content (AvgIpc) is 1.88. The first-order valence-corrected chi connectivity index (χ1v) is 3.36. The molecule has 2 heteroatoms. The van der Waals surface area contributed by atoms with Crippen molar-refractivity contribution in [2.75, 3.05) is 0 Å². The highest BCUT2D eigenvalue weighted by atomic mass is 35.5. The molecule has 1 aromatic carbocycles. The molecule has 51 valence electrons. The Kier molecular flexibility index (Phi) is 2.07. The Labute approximate surface area is 65.1 Å². The third-order valence-corrected chi connectivity index (χ3v) is 1.51. The van der Waals surface area contributed by atoms with E-state index in [4.69, 9.17) is 17.0 Å². The fourth-order valence-electron chi connectivity index (χ4n) is 0.691. The fraction of sp³-hybridized carbons (Fsp3) is 0.125. The molecule has 0 saturated carbocycles. The minimum absolute atomic E-state index is 0.316.